The lowest BCUT2D eigenvalue weighted by atomic mass is 9.94. The van der Waals surface area contributed by atoms with Crippen molar-refractivity contribution < 1.29 is 0 Å². The third-order valence-electron chi connectivity index (χ3n) is 2.56. The third-order valence-corrected chi connectivity index (χ3v) is 3.14. The zero-order chi connectivity index (χ0) is 11.3. The largest absolute Gasteiger partial charge is 0.364 e. The fourth-order valence-corrected chi connectivity index (χ4v) is 1.66. The summed E-state index contributed by atoms with van der Waals surface area (Å²) in [5.74, 6) is 0.822. The molecule has 84 valence electrons. The molecule has 0 bridgehead atoms. The molecule has 0 saturated carbocycles. The first-order chi connectivity index (χ1) is 7.11. The van der Waals surface area contributed by atoms with Gasteiger partial charge < -0.3 is 11.1 Å². The van der Waals surface area contributed by atoms with Crippen LogP contribution in [0.5, 0.6) is 0 Å². The quantitative estimate of drug-likeness (QED) is 0.863. The van der Waals surface area contributed by atoms with Gasteiger partial charge in [0.05, 0.1) is 4.47 Å². The van der Waals surface area contributed by atoms with Gasteiger partial charge in [0.15, 0.2) is 0 Å². The molecule has 3 N–H and O–H groups in total. The van der Waals surface area contributed by atoms with E-state index in [0.29, 0.717) is 6.54 Å². The van der Waals surface area contributed by atoms with E-state index in [0.717, 1.165) is 23.1 Å². The molecule has 0 aliphatic heterocycles. The zero-order valence-corrected chi connectivity index (χ0v) is 10.7. The minimum atomic E-state index is -0.00831. The molecule has 0 fully saturated rings. The van der Waals surface area contributed by atoms with Crippen molar-refractivity contribution in [2.45, 2.75) is 32.2 Å². The fraction of sp³-hybridized carbons (Fsp3) is 0.600. The highest BCUT2D eigenvalue weighted by molar-refractivity contribution is 9.10. The van der Waals surface area contributed by atoms with Gasteiger partial charge in [-0.25, -0.2) is 9.97 Å². The number of hydrogen-bond acceptors (Lipinski definition) is 4. The van der Waals surface area contributed by atoms with E-state index in [1.54, 1.807) is 6.20 Å². The van der Waals surface area contributed by atoms with E-state index >= 15 is 0 Å². The highest BCUT2D eigenvalue weighted by Crippen LogP contribution is 2.24. The van der Waals surface area contributed by atoms with Crippen LogP contribution in [0.3, 0.4) is 0 Å². The first kappa shape index (κ1) is 12.4. The van der Waals surface area contributed by atoms with Crippen molar-refractivity contribution in [1.29, 1.82) is 0 Å². The van der Waals surface area contributed by atoms with Gasteiger partial charge in [0.2, 0.25) is 0 Å². The molecule has 0 radical (unpaired) electrons. The van der Waals surface area contributed by atoms with Gasteiger partial charge in [-0.15, -0.1) is 0 Å². The summed E-state index contributed by atoms with van der Waals surface area (Å²) in [5, 5.41) is 3.40. The van der Waals surface area contributed by atoms with E-state index in [1.165, 1.54) is 6.33 Å². The number of nitrogens with one attached hydrogen (secondary N) is 1. The molecule has 5 heteroatoms. The zero-order valence-electron chi connectivity index (χ0n) is 9.13. The van der Waals surface area contributed by atoms with Crippen molar-refractivity contribution in [3.8, 4) is 0 Å². The van der Waals surface area contributed by atoms with Crippen molar-refractivity contribution in [3.05, 3.63) is 17.0 Å². The predicted molar refractivity (Wildman–Crippen MR) is 65.7 cm³/mol. The summed E-state index contributed by atoms with van der Waals surface area (Å²) in [6.45, 7) is 4.95. The number of hydrogen-bond donors (Lipinski definition) is 2. The summed E-state index contributed by atoms with van der Waals surface area (Å²) in [6.07, 6.45) is 5.18. The Bertz CT molecular complexity index is 318. The van der Waals surface area contributed by atoms with Gasteiger partial charge in [0, 0.05) is 11.7 Å². The SMILES string of the molecule is CCC(C)(CCN)Nc1ncncc1Br. The average molecular weight is 273 g/mol. The Morgan fingerprint density at radius 3 is 2.87 bits per heavy atom. The monoisotopic (exact) mass is 272 g/mol. The summed E-state index contributed by atoms with van der Waals surface area (Å²) in [4.78, 5) is 8.11. The normalized spacial score (nSPS) is 14.7. The van der Waals surface area contributed by atoms with Gasteiger partial charge in [-0.2, -0.15) is 0 Å². The Labute approximate surface area is 98.8 Å². The minimum absolute atomic E-state index is 0.00831. The number of halogens is 1. The fourth-order valence-electron chi connectivity index (χ4n) is 1.34. The van der Waals surface area contributed by atoms with Crippen molar-refractivity contribution in [3.63, 3.8) is 0 Å². The van der Waals surface area contributed by atoms with Crippen LogP contribution in [0.2, 0.25) is 0 Å². The molecule has 1 atom stereocenters. The van der Waals surface area contributed by atoms with Crippen LogP contribution in [0, 0.1) is 0 Å². The Hall–Kier alpha value is -0.680. The molecule has 0 amide bonds. The maximum absolute atomic E-state index is 5.60. The van der Waals surface area contributed by atoms with Gasteiger partial charge in [0.25, 0.3) is 0 Å². The number of anilines is 1. The van der Waals surface area contributed by atoms with Gasteiger partial charge in [-0.3, -0.25) is 0 Å². The molecular weight excluding hydrogens is 256 g/mol. The maximum atomic E-state index is 5.60. The Morgan fingerprint density at radius 1 is 1.60 bits per heavy atom. The lowest BCUT2D eigenvalue weighted by Crippen LogP contribution is -2.36. The molecule has 1 unspecified atom stereocenters. The molecule has 1 aromatic heterocycles. The van der Waals surface area contributed by atoms with Crippen molar-refractivity contribution in [2.75, 3.05) is 11.9 Å². The van der Waals surface area contributed by atoms with Gasteiger partial charge in [-0.05, 0) is 42.2 Å². The standard InChI is InChI=1S/C10H17BrN4/c1-3-10(2,4-5-12)15-9-8(11)6-13-7-14-9/h6-7H,3-5,12H2,1-2H3,(H,13,14,15). The van der Waals surface area contributed by atoms with Crippen LogP contribution in [-0.4, -0.2) is 22.1 Å². The summed E-state index contributed by atoms with van der Waals surface area (Å²) in [6, 6.07) is 0. The lowest BCUT2D eigenvalue weighted by Gasteiger charge is -2.30. The molecule has 1 heterocycles. The van der Waals surface area contributed by atoms with E-state index in [9.17, 15) is 0 Å². The van der Waals surface area contributed by atoms with E-state index in [-0.39, 0.29) is 5.54 Å². The van der Waals surface area contributed by atoms with E-state index in [4.69, 9.17) is 5.73 Å². The first-order valence-electron chi connectivity index (χ1n) is 5.05. The van der Waals surface area contributed by atoms with Gasteiger partial charge in [-0.1, -0.05) is 6.92 Å². The topological polar surface area (TPSA) is 63.8 Å². The van der Waals surface area contributed by atoms with E-state index < -0.39 is 0 Å². The summed E-state index contributed by atoms with van der Waals surface area (Å²) in [5.41, 5.74) is 5.59. The number of rotatable bonds is 5. The summed E-state index contributed by atoms with van der Waals surface area (Å²) < 4.78 is 0.877. The van der Waals surface area contributed by atoms with Gasteiger partial charge in [0.1, 0.15) is 12.1 Å². The van der Waals surface area contributed by atoms with Gasteiger partial charge >= 0.3 is 0 Å². The molecule has 15 heavy (non-hydrogen) atoms. The van der Waals surface area contributed by atoms with Crippen LogP contribution in [0.15, 0.2) is 17.0 Å². The van der Waals surface area contributed by atoms with Crippen LogP contribution in [0.25, 0.3) is 0 Å². The predicted octanol–water partition coefficient (Wildman–Crippen LogP) is 2.17. The highest BCUT2D eigenvalue weighted by atomic mass is 79.9. The van der Waals surface area contributed by atoms with Crippen LogP contribution in [-0.2, 0) is 0 Å². The average Bonchev–Trinajstić information content (AvgIpc) is 2.22. The second-order valence-corrected chi connectivity index (χ2v) is 4.65. The minimum Gasteiger partial charge on any atom is -0.364 e. The number of nitrogens with two attached hydrogens (primary N) is 1. The molecule has 1 rings (SSSR count). The molecule has 0 aliphatic carbocycles. The molecule has 1 aromatic rings. The van der Waals surface area contributed by atoms with E-state index in [1.807, 2.05) is 0 Å². The smallest absolute Gasteiger partial charge is 0.144 e. The summed E-state index contributed by atoms with van der Waals surface area (Å²) >= 11 is 3.41. The molecule has 0 aromatic carbocycles. The molecule has 0 saturated heterocycles. The van der Waals surface area contributed by atoms with Crippen molar-refractivity contribution in [2.24, 2.45) is 5.73 Å². The Kier molecular flexibility index (Phi) is 4.47. The van der Waals surface area contributed by atoms with Crippen molar-refractivity contribution in [1.82, 2.24) is 9.97 Å². The lowest BCUT2D eigenvalue weighted by molar-refractivity contribution is 0.461. The van der Waals surface area contributed by atoms with Crippen LogP contribution >= 0.6 is 15.9 Å². The van der Waals surface area contributed by atoms with Crippen LogP contribution < -0.4 is 11.1 Å². The molecule has 0 aliphatic rings. The number of aromatic nitrogens is 2. The van der Waals surface area contributed by atoms with Crippen LogP contribution in [0.4, 0.5) is 5.82 Å². The Morgan fingerprint density at radius 2 is 2.33 bits per heavy atom. The van der Waals surface area contributed by atoms with Crippen molar-refractivity contribution >= 4 is 21.7 Å². The molecule has 4 nitrogen and oxygen atoms in total. The third kappa shape index (κ3) is 3.43. The number of nitrogens with zero attached hydrogens (tertiary/aromatic N) is 2. The maximum Gasteiger partial charge on any atom is 0.144 e. The first-order valence-corrected chi connectivity index (χ1v) is 5.84. The van der Waals surface area contributed by atoms with Crippen LogP contribution in [0.1, 0.15) is 26.7 Å². The molecule has 0 spiro atoms. The molecular formula is C10H17BrN4. The second-order valence-electron chi connectivity index (χ2n) is 3.80. The highest BCUT2D eigenvalue weighted by Gasteiger charge is 2.21. The second kappa shape index (κ2) is 5.42. The van der Waals surface area contributed by atoms with E-state index in [2.05, 4.69) is 45.1 Å². The Balaban J connectivity index is 2.79. The summed E-state index contributed by atoms with van der Waals surface area (Å²) in [7, 11) is 0.